The van der Waals surface area contributed by atoms with Crippen molar-refractivity contribution in [3.8, 4) is 38.8 Å². The number of para-hydroxylation sites is 1. The highest BCUT2D eigenvalue weighted by atomic mass is 32.1. The molecule has 0 aliphatic heterocycles. The highest BCUT2D eigenvalue weighted by molar-refractivity contribution is 7.24. The van der Waals surface area contributed by atoms with Gasteiger partial charge < -0.3 is 0 Å². The van der Waals surface area contributed by atoms with Crippen LogP contribution >= 0.6 is 11.3 Å². The lowest BCUT2D eigenvalue weighted by molar-refractivity contribution is 1.08. The molecule has 8 aromatic rings. The van der Waals surface area contributed by atoms with E-state index >= 15 is 0 Å². The second-order valence-corrected chi connectivity index (χ2v) is 10.8. The lowest BCUT2D eigenvalue weighted by Crippen LogP contribution is -1.98. The van der Waals surface area contributed by atoms with E-state index in [4.69, 9.17) is 4.98 Å². The lowest BCUT2D eigenvalue weighted by Gasteiger charge is -2.09. The summed E-state index contributed by atoms with van der Waals surface area (Å²) in [6.45, 7) is 0. The molecule has 188 valence electrons. The molecule has 0 unspecified atom stereocenters. The van der Waals surface area contributed by atoms with E-state index in [1.165, 1.54) is 42.4 Å². The topological polar surface area (TPSA) is 30.7 Å². The van der Waals surface area contributed by atoms with E-state index in [1.807, 2.05) is 41.8 Å². The van der Waals surface area contributed by atoms with Gasteiger partial charge in [-0.1, -0.05) is 97.1 Å². The molecule has 0 aliphatic carbocycles. The van der Waals surface area contributed by atoms with Crippen LogP contribution in [0.2, 0.25) is 0 Å². The van der Waals surface area contributed by atoms with Crippen LogP contribution in [0.5, 0.6) is 0 Å². The normalized spacial score (nSPS) is 11.5. The molecule has 0 N–H and O–H groups in total. The van der Waals surface area contributed by atoms with Gasteiger partial charge in [0.05, 0.1) is 22.4 Å². The van der Waals surface area contributed by atoms with Crippen LogP contribution in [0.15, 0.2) is 140 Å². The van der Waals surface area contributed by atoms with Crippen LogP contribution in [0, 0.1) is 0 Å². The van der Waals surface area contributed by atoms with Crippen LogP contribution in [0.1, 0.15) is 0 Å². The fraction of sp³-hybridized carbons (Fsp3) is 0. The molecule has 0 radical (unpaired) electrons. The van der Waals surface area contributed by atoms with E-state index in [-0.39, 0.29) is 0 Å². The maximum absolute atomic E-state index is 5.09. The SMILES string of the molecule is c1ccc(-c2sc3c(ccc4c3c3ccccc3n4-c3cccc(-c4ccccn4)n3)c2-c2ccccc2)cc1. The third kappa shape index (κ3) is 3.58. The quantitative estimate of drug-likeness (QED) is 0.227. The van der Waals surface area contributed by atoms with Crippen molar-refractivity contribution in [1.82, 2.24) is 14.5 Å². The van der Waals surface area contributed by atoms with Gasteiger partial charge in [-0.25, -0.2) is 4.98 Å². The Balaban J connectivity index is 1.46. The van der Waals surface area contributed by atoms with Crippen molar-refractivity contribution >= 4 is 43.2 Å². The summed E-state index contributed by atoms with van der Waals surface area (Å²) in [6, 6.07) is 46.8. The molecule has 0 spiro atoms. The van der Waals surface area contributed by atoms with Gasteiger partial charge in [-0.15, -0.1) is 11.3 Å². The van der Waals surface area contributed by atoms with Crippen LogP contribution in [0.4, 0.5) is 0 Å². The van der Waals surface area contributed by atoms with E-state index in [2.05, 4.69) is 119 Å². The van der Waals surface area contributed by atoms with Gasteiger partial charge in [-0.2, -0.15) is 0 Å². The zero-order valence-corrected chi connectivity index (χ0v) is 22.3. The summed E-state index contributed by atoms with van der Waals surface area (Å²) in [4.78, 5) is 10.9. The molecule has 4 heterocycles. The second kappa shape index (κ2) is 9.30. The molecule has 0 saturated heterocycles. The molecule has 4 aromatic heterocycles. The number of thiophene rings is 1. The van der Waals surface area contributed by atoms with Gasteiger partial charge >= 0.3 is 0 Å². The number of rotatable bonds is 4. The standard InChI is InChI=1S/C36H23N3S/c1-3-12-24(13-4-1)33-27-21-22-31-34(36(27)40-35(33)25-14-5-2-6-15-25)26-16-7-8-19-30(26)39(31)32-20-11-18-29(38-32)28-17-9-10-23-37-28/h1-23H. The Hall–Kier alpha value is -5.06. The molecule has 0 aliphatic rings. The Morgan fingerprint density at radius 3 is 2.05 bits per heavy atom. The number of benzene rings is 4. The van der Waals surface area contributed by atoms with Gasteiger partial charge in [0.15, 0.2) is 0 Å². The first-order valence-corrected chi connectivity index (χ1v) is 14.2. The maximum Gasteiger partial charge on any atom is 0.138 e. The molecular formula is C36H23N3S. The van der Waals surface area contributed by atoms with Crippen LogP contribution < -0.4 is 0 Å². The summed E-state index contributed by atoms with van der Waals surface area (Å²) in [5.74, 6) is 0.886. The molecular weight excluding hydrogens is 506 g/mol. The highest BCUT2D eigenvalue weighted by Crippen LogP contribution is 2.49. The van der Waals surface area contributed by atoms with Crippen molar-refractivity contribution in [1.29, 1.82) is 0 Å². The molecule has 0 fully saturated rings. The van der Waals surface area contributed by atoms with Gasteiger partial charge in [-0.3, -0.25) is 9.55 Å². The van der Waals surface area contributed by atoms with Crippen molar-refractivity contribution in [2.45, 2.75) is 0 Å². The molecule has 0 amide bonds. The molecule has 4 aromatic carbocycles. The Labute approximate surface area is 235 Å². The summed E-state index contributed by atoms with van der Waals surface area (Å²) >= 11 is 1.88. The van der Waals surface area contributed by atoms with E-state index in [9.17, 15) is 0 Å². The minimum Gasteiger partial charge on any atom is -0.294 e. The predicted octanol–water partition coefficient (Wildman–Crippen LogP) is 9.79. The fourth-order valence-electron chi connectivity index (χ4n) is 5.74. The van der Waals surface area contributed by atoms with Crippen molar-refractivity contribution < 1.29 is 0 Å². The predicted molar refractivity (Wildman–Crippen MR) is 168 cm³/mol. The molecule has 4 heteroatoms. The Bertz CT molecular complexity index is 2140. The van der Waals surface area contributed by atoms with Gasteiger partial charge in [0, 0.05) is 37.5 Å². The molecule has 0 atom stereocenters. The Morgan fingerprint density at radius 1 is 0.525 bits per heavy atom. The monoisotopic (exact) mass is 529 g/mol. The number of pyridine rings is 2. The summed E-state index contributed by atoms with van der Waals surface area (Å²) < 4.78 is 3.59. The first kappa shape index (κ1) is 22.9. The zero-order valence-electron chi connectivity index (χ0n) is 21.5. The minimum absolute atomic E-state index is 0.860. The second-order valence-electron chi connectivity index (χ2n) is 9.82. The van der Waals surface area contributed by atoms with E-state index in [0.717, 1.165) is 28.2 Å². The molecule has 8 rings (SSSR count). The summed E-state index contributed by atoms with van der Waals surface area (Å²) in [5.41, 5.74) is 7.79. The Kier molecular flexibility index (Phi) is 5.32. The van der Waals surface area contributed by atoms with E-state index < -0.39 is 0 Å². The van der Waals surface area contributed by atoms with Crippen LogP contribution in [0.3, 0.4) is 0 Å². The molecule has 3 nitrogen and oxygen atoms in total. The summed E-state index contributed by atoms with van der Waals surface area (Å²) in [6.07, 6.45) is 1.81. The number of nitrogens with zero attached hydrogens (tertiary/aromatic N) is 3. The first-order valence-electron chi connectivity index (χ1n) is 13.4. The van der Waals surface area contributed by atoms with Gasteiger partial charge in [0.25, 0.3) is 0 Å². The molecule has 0 bridgehead atoms. The van der Waals surface area contributed by atoms with Crippen molar-refractivity contribution in [3.05, 3.63) is 140 Å². The molecule has 40 heavy (non-hydrogen) atoms. The van der Waals surface area contributed by atoms with Crippen LogP contribution in [-0.4, -0.2) is 14.5 Å². The first-order chi connectivity index (χ1) is 19.9. The number of aromatic nitrogens is 3. The Morgan fingerprint density at radius 2 is 1.25 bits per heavy atom. The van der Waals surface area contributed by atoms with Gasteiger partial charge in [-0.05, 0) is 47.5 Å². The smallest absolute Gasteiger partial charge is 0.138 e. The highest BCUT2D eigenvalue weighted by Gasteiger charge is 2.21. The van der Waals surface area contributed by atoms with E-state index in [0.29, 0.717) is 0 Å². The van der Waals surface area contributed by atoms with Crippen molar-refractivity contribution in [2.75, 3.05) is 0 Å². The van der Waals surface area contributed by atoms with Crippen molar-refractivity contribution in [3.63, 3.8) is 0 Å². The third-order valence-electron chi connectivity index (χ3n) is 7.48. The number of fused-ring (bicyclic) bond motifs is 5. The molecule has 0 saturated carbocycles. The average molecular weight is 530 g/mol. The third-order valence-corrected chi connectivity index (χ3v) is 8.75. The largest absolute Gasteiger partial charge is 0.294 e. The van der Waals surface area contributed by atoms with E-state index in [1.54, 1.807) is 0 Å². The van der Waals surface area contributed by atoms with Gasteiger partial charge in [0.1, 0.15) is 5.82 Å². The average Bonchev–Trinajstić information content (AvgIpc) is 3.59. The summed E-state index contributed by atoms with van der Waals surface area (Å²) in [7, 11) is 0. The number of hydrogen-bond donors (Lipinski definition) is 0. The lowest BCUT2D eigenvalue weighted by atomic mass is 9.98. The van der Waals surface area contributed by atoms with Crippen molar-refractivity contribution in [2.24, 2.45) is 0 Å². The van der Waals surface area contributed by atoms with Gasteiger partial charge in [0.2, 0.25) is 0 Å². The zero-order chi connectivity index (χ0) is 26.5. The fourth-order valence-corrected chi connectivity index (χ4v) is 7.13. The number of hydrogen-bond acceptors (Lipinski definition) is 3. The maximum atomic E-state index is 5.09. The van der Waals surface area contributed by atoms with Crippen LogP contribution in [0.25, 0.3) is 70.7 Å². The van der Waals surface area contributed by atoms with Crippen LogP contribution in [-0.2, 0) is 0 Å². The minimum atomic E-state index is 0.860. The summed E-state index contributed by atoms with van der Waals surface area (Å²) in [5, 5.41) is 3.77.